The van der Waals surface area contributed by atoms with E-state index < -0.39 is 0 Å². The highest BCUT2D eigenvalue weighted by atomic mass is 16.7. The van der Waals surface area contributed by atoms with E-state index in [-0.39, 0.29) is 6.09 Å². The molecular weight excluding hydrogens is 144 g/mol. The predicted molar refractivity (Wildman–Crippen MR) is 41.0 cm³/mol. The van der Waals surface area contributed by atoms with Crippen molar-refractivity contribution in [3.63, 3.8) is 0 Å². The first kappa shape index (κ1) is 8.33. The van der Waals surface area contributed by atoms with E-state index in [1.54, 1.807) is 5.06 Å². The van der Waals surface area contributed by atoms with Gasteiger partial charge in [-0.3, -0.25) is 0 Å². The number of hydroxylamine groups is 2. The molecule has 0 radical (unpaired) electrons. The van der Waals surface area contributed by atoms with Crippen molar-refractivity contribution < 1.29 is 9.63 Å². The summed E-state index contributed by atoms with van der Waals surface area (Å²) >= 11 is 0. The van der Waals surface area contributed by atoms with Crippen LogP contribution in [-0.2, 0) is 4.84 Å². The molecule has 11 heavy (non-hydrogen) atoms. The molecule has 0 atom stereocenters. The van der Waals surface area contributed by atoms with Gasteiger partial charge in [-0.15, -0.1) is 5.06 Å². The molecule has 1 fully saturated rings. The van der Waals surface area contributed by atoms with Gasteiger partial charge in [0.25, 0.3) is 0 Å². The zero-order valence-corrected chi connectivity index (χ0v) is 6.80. The van der Waals surface area contributed by atoms with E-state index in [1.165, 1.54) is 0 Å². The number of hydrogen-bond donors (Lipinski definition) is 1. The Hall–Kier alpha value is -0.770. The van der Waals surface area contributed by atoms with E-state index in [0.29, 0.717) is 6.54 Å². The molecule has 1 heterocycles. The summed E-state index contributed by atoms with van der Waals surface area (Å²) < 4.78 is 0. The Labute approximate surface area is 66.5 Å². The zero-order valence-electron chi connectivity index (χ0n) is 6.80. The normalized spacial score (nSPS) is 18.3. The van der Waals surface area contributed by atoms with Crippen LogP contribution in [0.5, 0.6) is 0 Å². The molecule has 0 aromatic rings. The Morgan fingerprint density at radius 3 is 2.73 bits per heavy atom. The van der Waals surface area contributed by atoms with Crippen LogP contribution in [0.3, 0.4) is 0 Å². The molecule has 1 rings (SSSR count). The molecule has 1 amide bonds. The number of rotatable bonds is 2. The summed E-state index contributed by atoms with van der Waals surface area (Å²) in [5.41, 5.74) is 0. The van der Waals surface area contributed by atoms with Gasteiger partial charge in [0.2, 0.25) is 0 Å². The Balaban J connectivity index is 2.13. The van der Waals surface area contributed by atoms with Crippen LogP contribution in [0.1, 0.15) is 19.8 Å². The van der Waals surface area contributed by atoms with Gasteiger partial charge in [0.1, 0.15) is 0 Å². The first-order chi connectivity index (χ1) is 5.33. The third-order valence-corrected chi connectivity index (χ3v) is 1.60. The number of amides is 1. The molecule has 1 saturated heterocycles. The highest BCUT2D eigenvalue weighted by Gasteiger charge is 2.15. The lowest BCUT2D eigenvalue weighted by molar-refractivity contribution is -0.0802. The van der Waals surface area contributed by atoms with Crippen molar-refractivity contribution in [3.8, 4) is 0 Å². The quantitative estimate of drug-likeness (QED) is 0.644. The molecule has 1 aliphatic rings. The van der Waals surface area contributed by atoms with Gasteiger partial charge in [-0.1, -0.05) is 0 Å². The van der Waals surface area contributed by atoms with E-state index in [0.717, 1.165) is 25.9 Å². The van der Waals surface area contributed by atoms with Crippen LogP contribution in [0.25, 0.3) is 0 Å². The monoisotopic (exact) mass is 158 g/mol. The Morgan fingerprint density at radius 1 is 1.55 bits per heavy atom. The number of carbonyl (C=O) groups excluding carboxylic acids is 1. The van der Waals surface area contributed by atoms with E-state index in [1.807, 2.05) is 6.92 Å². The number of nitrogens with one attached hydrogen (secondary N) is 1. The zero-order chi connectivity index (χ0) is 8.10. The molecule has 0 saturated carbocycles. The molecule has 0 unspecified atom stereocenters. The third-order valence-electron chi connectivity index (χ3n) is 1.60. The lowest BCUT2D eigenvalue weighted by Gasteiger charge is -2.13. The van der Waals surface area contributed by atoms with Crippen LogP contribution in [0.2, 0.25) is 0 Å². The third kappa shape index (κ3) is 2.76. The maximum atomic E-state index is 10.8. The summed E-state index contributed by atoms with van der Waals surface area (Å²) in [7, 11) is 0. The minimum absolute atomic E-state index is 0.339. The molecule has 0 aliphatic carbocycles. The van der Waals surface area contributed by atoms with Gasteiger partial charge >= 0.3 is 6.09 Å². The van der Waals surface area contributed by atoms with Crippen LogP contribution < -0.4 is 5.32 Å². The van der Waals surface area contributed by atoms with Gasteiger partial charge in [0, 0.05) is 19.6 Å². The van der Waals surface area contributed by atoms with Gasteiger partial charge in [0.15, 0.2) is 0 Å². The summed E-state index contributed by atoms with van der Waals surface area (Å²) in [6.45, 7) is 4.23. The van der Waals surface area contributed by atoms with Crippen LogP contribution in [0, 0.1) is 0 Å². The van der Waals surface area contributed by atoms with Gasteiger partial charge in [0.05, 0.1) is 0 Å². The highest BCUT2D eigenvalue weighted by molar-refractivity contribution is 5.66. The minimum Gasteiger partial charge on any atom is -0.351 e. The minimum atomic E-state index is -0.339. The van der Waals surface area contributed by atoms with Crippen LogP contribution in [0.4, 0.5) is 4.79 Å². The van der Waals surface area contributed by atoms with E-state index in [2.05, 4.69) is 5.32 Å². The lowest BCUT2D eigenvalue weighted by Crippen LogP contribution is -2.31. The van der Waals surface area contributed by atoms with Crippen molar-refractivity contribution in [1.29, 1.82) is 0 Å². The standard InChI is InChI=1S/C7H14N2O2/c1-2-8-7(10)11-9-5-3-4-6-9/h2-6H2,1H3,(H,8,10). The Morgan fingerprint density at radius 2 is 2.18 bits per heavy atom. The fraction of sp³-hybridized carbons (Fsp3) is 0.857. The van der Waals surface area contributed by atoms with Crippen molar-refractivity contribution in [3.05, 3.63) is 0 Å². The maximum absolute atomic E-state index is 10.8. The Kier molecular flexibility index (Phi) is 3.16. The predicted octanol–water partition coefficient (Wildman–Crippen LogP) is 0.743. The van der Waals surface area contributed by atoms with E-state index in [9.17, 15) is 4.79 Å². The molecule has 0 bridgehead atoms. The molecule has 4 heteroatoms. The molecule has 64 valence electrons. The largest absolute Gasteiger partial charge is 0.426 e. The molecule has 0 aromatic heterocycles. The fourth-order valence-electron chi connectivity index (χ4n) is 1.07. The fourth-order valence-corrected chi connectivity index (χ4v) is 1.07. The van der Waals surface area contributed by atoms with Crippen molar-refractivity contribution in [2.24, 2.45) is 0 Å². The number of nitrogens with zero attached hydrogens (tertiary/aromatic N) is 1. The number of carbonyl (C=O) groups is 1. The number of hydrogen-bond acceptors (Lipinski definition) is 3. The average molecular weight is 158 g/mol. The van der Waals surface area contributed by atoms with Crippen molar-refractivity contribution in [1.82, 2.24) is 10.4 Å². The van der Waals surface area contributed by atoms with Gasteiger partial charge < -0.3 is 10.2 Å². The maximum Gasteiger partial charge on any atom is 0.426 e. The van der Waals surface area contributed by atoms with Gasteiger partial charge in [-0.25, -0.2) is 4.79 Å². The van der Waals surface area contributed by atoms with Gasteiger partial charge in [-0.2, -0.15) is 0 Å². The molecule has 0 aromatic carbocycles. The van der Waals surface area contributed by atoms with Crippen molar-refractivity contribution >= 4 is 6.09 Å². The van der Waals surface area contributed by atoms with Crippen LogP contribution in [0.15, 0.2) is 0 Å². The molecule has 0 spiro atoms. The van der Waals surface area contributed by atoms with Crippen molar-refractivity contribution in [2.45, 2.75) is 19.8 Å². The first-order valence-electron chi connectivity index (χ1n) is 4.03. The molecular formula is C7H14N2O2. The molecule has 4 nitrogen and oxygen atoms in total. The van der Waals surface area contributed by atoms with E-state index >= 15 is 0 Å². The highest BCUT2D eigenvalue weighted by Crippen LogP contribution is 2.06. The average Bonchev–Trinajstić information content (AvgIpc) is 2.40. The SMILES string of the molecule is CCNC(=O)ON1CCCC1. The van der Waals surface area contributed by atoms with Crippen LogP contribution >= 0.6 is 0 Å². The molecule has 1 aliphatic heterocycles. The summed E-state index contributed by atoms with van der Waals surface area (Å²) in [4.78, 5) is 15.8. The summed E-state index contributed by atoms with van der Waals surface area (Å²) in [5, 5.41) is 4.27. The summed E-state index contributed by atoms with van der Waals surface area (Å²) in [6, 6.07) is 0. The summed E-state index contributed by atoms with van der Waals surface area (Å²) in [5.74, 6) is 0. The van der Waals surface area contributed by atoms with Crippen LogP contribution in [-0.4, -0.2) is 30.8 Å². The second kappa shape index (κ2) is 4.18. The Bertz CT molecular complexity index is 132. The second-order valence-corrected chi connectivity index (χ2v) is 2.55. The molecule has 1 N–H and O–H groups in total. The van der Waals surface area contributed by atoms with E-state index in [4.69, 9.17) is 4.84 Å². The summed E-state index contributed by atoms with van der Waals surface area (Å²) in [6.07, 6.45) is 1.91. The first-order valence-corrected chi connectivity index (χ1v) is 4.03. The second-order valence-electron chi connectivity index (χ2n) is 2.55. The smallest absolute Gasteiger partial charge is 0.351 e. The lowest BCUT2D eigenvalue weighted by atomic mass is 10.4. The van der Waals surface area contributed by atoms with Gasteiger partial charge in [-0.05, 0) is 19.8 Å². The van der Waals surface area contributed by atoms with Crippen molar-refractivity contribution in [2.75, 3.05) is 19.6 Å². The topological polar surface area (TPSA) is 41.6 Å².